The second kappa shape index (κ2) is 7.44. The van der Waals surface area contributed by atoms with E-state index in [1.165, 1.54) is 0 Å². The number of carbonyl (C=O) groups is 1. The number of hydrogen-bond donors (Lipinski definition) is 2. The van der Waals surface area contributed by atoms with Crippen LogP contribution in [0.4, 0.5) is 4.79 Å². The molecular weight excluding hydrogens is 306 g/mol. The highest BCUT2D eigenvalue weighted by molar-refractivity contribution is 5.74. The average molecular weight is 329 g/mol. The first-order chi connectivity index (χ1) is 11.7. The molecule has 7 nitrogen and oxygen atoms in total. The van der Waals surface area contributed by atoms with Crippen molar-refractivity contribution in [3.63, 3.8) is 0 Å². The van der Waals surface area contributed by atoms with E-state index in [1.54, 1.807) is 7.11 Å². The number of nitrogens with zero attached hydrogens (tertiary/aromatic N) is 3. The van der Waals surface area contributed by atoms with Gasteiger partial charge in [0.25, 0.3) is 0 Å². The summed E-state index contributed by atoms with van der Waals surface area (Å²) in [6.07, 6.45) is 2.05. The number of hydrogen-bond acceptors (Lipinski definition) is 4. The van der Waals surface area contributed by atoms with Gasteiger partial charge in [-0.3, -0.25) is 0 Å². The summed E-state index contributed by atoms with van der Waals surface area (Å²) in [5.41, 5.74) is 2.13. The first-order valence-corrected chi connectivity index (χ1v) is 8.20. The number of fused-ring (bicyclic) bond motifs is 1. The van der Waals surface area contributed by atoms with Crippen molar-refractivity contribution < 1.29 is 9.53 Å². The molecule has 1 aliphatic rings. The molecule has 0 aliphatic carbocycles. The molecular formula is C17H23N5O2. The molecule has 2 amide bonds. The van der Waals surface area contributed by atoms with Crippen molar-refractivity contribution in [2.75, 3.05) is 7.11 Å². The van der Waals surface area contributed by atoms with Crippen molar-refractivity contribution >= 4 is 6.03 Å². The Hall–Kier alpha value is -2.41. The first kappa shape index (κ1) is 16.4. The van der Waals surface area contributed by atoms with Gasteiger partial charge in [0.05, 0.1) is 12.6 Å². The van der Waals surface area contributed by atoms with E-state index >= 15 is 0 Å². The predicted molar refractivity (Wildman–Crippen MR) is 89.3 cm³/mol. The fraction of sp³-hybridized carbons (Fsp3) is 0.471. The van der Waals surface area contributed by atoms with Crippen molar-refractivity contribution in [3.05, 3.63) is 47.0 Å². The Labute approximate surface area is 141 Å². The molecule has 2 aromatic rings. The van der Waals surface area contributed by atoms with E-state index in [0.717, 1.165) is 42.2 Å². The summed E-state index contributed by atoms with van der Waals surface area (Å²) in [5, 5.41) is 14.2. The van der Waals surface area contributed by atoms with E-state index in [9.17, 15) is 4.79 Å². The second-order valence-electron chi connectivity index (χ2n) is 6.03. The highest BCUT2D eigenvalue weighted by Crippen LogP contribution is 2.18. The van der Waals surface area contributed by atoms with Gasteiger partial charge in [-0.05, 0) is 24.5 Å². The number of nitrogens with one attached hydrogen (secondary N) is 2. The quantitative estimate of drug-likeness (QED) is 0.848. The van der Waals surface area contributed by atoms with E-state index in [-0.39, 0.29) is 12.1 Å². The minimum Gasteiger partial charge on any atom is -0.380 e. The van der Waals surface area contributed by atoms with Crippen LogP contribution >= 0.6 is 0 Å². The van der Waals surface area contributed by atoms with Gasteiger partial charge in [0, 0.05) is 26.6 Å². The summed E-state index contributed by atoms with van der Waals surface area (Å²) >= 11 is 0. The Morgan fingerprint density at radius 3 is 3.04 bits per heavy atom. The lowest BCUT2D eigenvalue weighted by molar-refractivity contribution is 0.185. The van der Waals surface area contributed by atoms with E-state index < -0.39 is 0 Å². The summed E-state index contributed by atoms with van der Waals surface area (Å²) in [7, 11) is 1.67. The number of methoxy groups -OCH3 is 1. The molecule has 1 aromatic heterocycles. The molecule has 2 N–H and O–H groups in total. The van der Waals surface area contributed by atoms with E-state index in [0.29, 0.717) is 13.2 Å². The van der Waals surface area contributed by atoms with Crippen LogP contribution in [0.5, 0.6) is 0 Å². The van der Waals surface area contributed by atoms with Crippen molar-refractivity contribution in [3.8, 4) is 0 Å². The largest absolute Gasteiger partial charge is 0.380 e. The molecule has 128 valence electrons. The van der Waals surface area contributed by atoms with Crippen LogP contribution in [0, 0.1) is 0 Å². The minimum absolute atomic E-state index is 0.177. The third-order valence-electron chi connectivity index (χ3n) is 4.13. The molecule has 0 unspecified atom stereocenters. The van der Waals surface area contributed by atoms with E-state index in [1.807, 2.05) is 31.2 Å². The number of amides is 2. The van der Waals surface area contributed by atoms with Crippen molar-refractivity contribution in [1.82, 2.24) is 25.4 Å². The zero-order chi connectivity index (χ0) is 16.9. The number of aryl methyl sites for hydroxylation is 1. The summed E-state index contributed by atoms with van der Waals surface area (Å²) in [4.78, 5) is 12.1. The Balaban J connectivity index is 1.53. The molecule has 24 heavy (non-hydrogen) atoms. The zero-order valence-corrected chi connectivity index (χ0v) is 14.1. The average Bonchev–Trinajstić information content (AvgIpc) is 3.16. The zero-order valence-electron chi connectivity index (χ0n) is 14.1. The van der Waals surface area contributed by atoms with Crippen molar-refractivity contribution in [2.24, 2.45) is 0 Å². The van der Waals surface area contributed by atoms with Gasteiger partial charge in [-0.2, -0.15) is 0 Å². The third-order valence-corrected chi connectivity index (χ3v) is 4.13. The first-order valence-electron chi connectivity index (χ1n) is 8.20. The van der Waals surface area contributed by atoms with Crippen LogP contribution in [-0.4, -0.2) is 27.9 Å². The normalized spacial score (nSPS) is 14.2. The number of rotatable bonds is 6. The highest BCUT2D eigenvalue weighted by atomic mass is 16.5. The number of ether oxygens (including phenoxy) is 1. The molecule has 0 spiro atoms. The van der Waals surface area contributed by atoms with Crippen LogP contribution in [0.2, 0.25) is 0 Å². The summed E-state index contributed by atoms with van der Waals surface area (Å²) in [6.45, 7) is 3.88. The molecule has 0 bridgehead atoms. The van der Waals surface area contributed by atoms with Gasteiger partial charge in [0.2, 0.25) is 0 Å². The molecule has 1 atom stereocenters. The lowest BCUT2D eigenvalue weighted by atomic mass is 10.1. The van der Waals surface area contributed by atoms with Crippen LogP contribution in [-0.2, 0) is 30.9 Å². The van der Waals surface area contributed by atoms with E-state index in [4.69, 9.17) is 4.74 Å². The summed E-state index contributed by atoms with van der Waals surface area (Å²) in [6, 6.07) is 7.58. The Bertz CT molecular complexity index is 713. The Morgan fingerprint density at radius 2 is 2.21 bits per heavy atom. The fourth-order valence-electron chi connectivity index (χ4n) is 2.98. The van der Waals surface area contributed by atoms with Gasteiger partial charge < -0.3 is 19.9 Å². The maximum atomic E-state index is 12.1. The van der Waals surface area contributed by atoms with Crippen LogP contribution in [0.15, 0.2) is 24.3 Å². The summed E-state index contributed by atoms with van der Waals surface area (Å²) in [5.74, 6) is 1.83. The number of carbonyl (C=O) groups excluding carboxylic acids is 1. The van der Waals surface area contributed by atoms with Gasteiger partial charge in [-0.25, -0.2) is 4.79 Å². The van der Waals surface area contributed by atoms with Crippen molar-refractivity contribution in [2.45, 2.75) is 45.5 Å². The van der Waals surface area contributed by atoms with Gasteiger partial charge in [-0.1, -0.05) is 24.3 Å². The van der Waals surface area contributed by atoms with Crippen LogP contribution in [0.1, 0.15) is 42.2 Å². The molecule has 0 fully saturated rings. The van der Waals surface area contributed by atoms with Gasteiger partial charge in [0.1, 0.15) is 5.82 Å². The smallest absolute Gasteiger partial charge is 0.315 e. The molecule has 1 aromatic carbocycles. The lowest BCUT2D eigenvalue weighted by Crippen LogP contribution is -2.37. The molecule has 2 heterocycles. The van der Waals surface area contributed by atoms with Crippen molar-refractivity contribution in [1.29, 1.82) is 0 Å². The third kappa shape index (κ3) is 3.73. The molecule has 0 radical (unpaired) electrons. The standard InChI is InChI=1S/C17H23N5O2/c1-12(16-21-20-15-7-4-8-22(15)16)19-17(23)18-10-13-5-3-6-14(9-13)11-24-2/h3,5-6,9,12H,4,7-8,10-11H2,1-2H3,(H2,18,19,23)/t12-/m1/s1. The predicted octanol–water partition coefficient (Wildman–Crippen LogP) is 1.93. The SMILES string of the molecule is COCc1cccc(CNC(=O)N[C@H](C)c2nnc3n2CCC3)c1. The maximum Gasteiger partial charge on any atom is 0.315 e. The highest BCUT2D eigenvalue weighted by Gasteiger charge is 2.22. The number of urea groups is 1. The van der Waals surface area contributed by atoms with Crippen LogP contribution in [0.3, 0.4) is 0 Å². The lowest BCUT2D eigenvalue weighted by Gasteiger charge is -2.15. The molecule has 3 rings (SSSR count). The fourth-order valence-corrected chi connectivity index (χ4v) is 2.98. The number of benzene rings is 1. The van der Waals surface area contributed by atoms with Gasteiger partial charge >= 0.3 is 6.03 Å². The molecule has 1 aliphatic heterocycles. The number of aromatic nitrogens is 3. The monoisotopic (exact) mass is 329 g/mol. The van der Waals surface area contributed by atoms with Gasteiger partial charge in [-0.15, -0.1) is 10.2 Å². The van der Waals surface area contributed by atoms with Gasteiger partial charge in [0.15, 0.2) is 5.82 Å². The Kier molecular flexibility index (Phi) is 5.10. The second-order valence-corrected chi connectivity index (χ2v) is 6.03. The van der Waals surface area contributed by atoms with Crippen LogP contribution < -0.4 is 10.6 Å². The maximum absolute atomic E-state index is 12.1. The van der Waals surface area contributed by atoms with E-state index in [2.05, 4.69) is 25.4 Å². The van der Waals surface area contributed by atoms with Crippen LogP contribution in [0.25, 0.3) is 0 Å². The summed E-state index contributed by atoms with van der Waals surface area (Å²) < 4.78 is 7.22. The molecule has 0 saturated heterocycles. The Morgan fingerprint density at radius 1 is 1.38 bits per heavy atom. The molecule has 7 heteroatoms. The minimum atomic E-state index is -0.213. The molecule has 0 saturated carbocycles. The topological polar surface area (TPSA) is 81.1 Å².